The van der Waals surface area contributed by atoms with E-state index in [9.17, 15) is 19.0 Å². The summed E-state index contributed by atoms with van der Waals surface area (Å²) < 4.78 is 26.2. The molecule has 2 rings (SSSR count). The fraction of sp³-hybridized carbons (Fsp3) is 0.583. The van der Waals surface area contributed by atoms with Gasteiger partial charge in [-0.1, -0.05) is 17.7 Å². The number of hydrogen-bond donors (Lipinski definition) is 2. The zero-order valence-electron chi connectivity index (χ0n) is 9.67. The summed E-state index contributed by atoms with van der Waals surface area (Å²) in [5.74, 6) is -2.73. The van der Waals surface area contributed by atoms with Crippen molar-refractivity contribution in [2.24, 2.45) is 0 Å². The maximum Gasteiger partial charge on any atom is 0.248 e. The second kappa shape index (κ2) is 4.72. The van der Waals surface area contributed by atoms with Crippen LogP contribution in [0.25, 0.3) is 0 Å². The van der Waals surface area contributed by atoms with Gasteiger partial charge in [0.05, 0.1) is 12.3 Å². The summed E-state index contributed by atoms with van der Waals surface area (Å²) in [6, 6.07) is 3.05. The molecule has 1 aromatic heterocycles. The Morgan fingerprint density at radius 3 is 2.39 bits per heavy atom. The van der Waals surface area contributed by atoms with Crippen molar-refractivity contribution in [2.45, 2.75) is 43.8 Å². The Kier molecular flexibility index (Phi) is 3.58. The number of aliphatic hydroxyl groups excluding tert-OH is 1. The van der Waals surface area contributed by atoms with Crippen LogP contribution >= 0.6 is 11.6 Å². The van der Waals surface area contributed by atoms with Gasteiger partial charge in [-0.2, -0.15) is 0 Å². The number of rotatable bonds is 2. The highest BCUT2D eigenvalue weighted by Gasteiger charge is 2.44. The van der Waals surface area contributed by atoms with Crippen molar-refractivity contribution in [3.63, 3.8) is 0 Å². The van der Waals surface area contributed by atoms with Crippen LogP contribution in [0.15, 0.2) is 12.1 Å². The topological polar surface area (TPSA) is 53.4 Å². The van der Waals surface area contributed by atoms with E-state index in [1.54, 1.807) is 6.07 Å². The summed E-state index contributed by atoms with van der Waals surface area (Å²) in [6.45, 7) is -0.307. The number of hydrogen-bond acceptors (Lipinski definition) is 3. The summed E-state index contributed by atoms with van der Waals surface area (Å²) in [5.41, 5.74) is -0.787. The summed E-state index contributed by atoms with van der Waals surface area (Å²) in [4.78, 5) is 4.00. The molecule has 0 bridgehead atoms. The highest BCUT2D eigenvalue weighted by molar-refractivity contribution is 6.29. The van der Waals surface area contributed by atoms with Gasteiger partial charge in [0.1, 0.15) is 10.8 Å². The third-order valence-corrected chi connectivity index (χ3v) is 3.58. The number of alkyl halides is 2. The first-order valence-electron chi connectivity index (χ1n) is 5.73. The second-order valence-corrected chi connectivity index (χ2v) is 5.07. The number of aromatic nitrogens is 1. The Balaban J connectivity index is 2.33. The van der Waals surface area contributed by atoms with E-state index in [1.807, 2.05) is 0 Å². The molecule has 3 nitrogen and oxygen atoms in total. The molecule has 0 atom stereocenters. The van der Waals surface area contributed by atoms with E-state index in [1.165, 1.54) is 6.07 Å². The van der Waals surface area contributed by atoms with Crippen LogP contribution in [0.5, 0.6) is 0 Å². The van der Waals surface area contributed by atoms with Gasteiger partial charge in [0.2, 0.25) is 5.92 Å². The molecule has 1 aliphatic rings. The maximum absolute atomic E-state index is 13.1. The van der Waals surface area contributed by atoms with Crippen LogP contribution in [0.2, 0.25) is 5.15 Å². The van der Waals surface area contributed by atoms with Crippen molar-refractivity contribution in [3.8, 4) is 0 Å². The number of pyridine rings is 1. The summed E-state index contributed by atoms with van der Waals surface area (Å²) in [5, 5.41) is 19.8. The third kappa shape index (κ3) is 2.63. The van der Waals surface area contributed by atoms with Gasteiger partial charge in [-0.15, -0.1) is 0 Å². The van der Waals surface area contributed by atoms with Gasteiger partial charge >= 0.3 is 0 Å². The Bertz CT molecular complexity index is 444. The largest absolute Gasteiger partial charge is 0.392 e. The molecule has 0 unspecified atom stereocenters. The van der Waals surface area contributed by atoms with Crippen LogP contribution in [0, 0.1) is 0 Å². The normalized spacial score (nSPS) is 21.8. The van der Waals surface area contributed by atoms with E-state index in [0.717, 1.165) is 0 Å². The van der Waals surface area contributed by atoms with Crippen molar-refractivity contribution < 1.29 is 19.0 Å². The Labute approximate surface area is 108 Å². The van der Waals surface area contributed by atoms with Gasteiger partial charge < -0.3 is 10.2 Å². The fourth-order valence-corrected chi connectivity index (χ4v) is 2.41. The highest BCUT2D eigenvalue weighted by Crippen LogP contribution is 2.44. The van der Waals surface area contributed by atoms with E-state index < -0.39 is 11.5 Å². The lowest BCUT2D eigenvalue weighted by atomic mass is 9.79. The van der Waals surface area contributed by atoms with Crippen molar-refractivity contribution in [1.82, 2.24) is 4.98 Å². The molecule has 1 aliphatic carbocycles. The molecule has 0 radical (unpaired) electrons. The molecule has 100 valence electrons. The van der Waals surface area contributed by atoms with Gasteiger partial charge in [-0.05, 0) is 18.9 Å². The molecule has 0 aromatic carbocycles. The zero-order chi connectivity index (χ0) is 13.4. The van der Waals surface area contributed by atoms with E-state index >= 15 is 0 Å². The van der Waals surface area contributed by atoms with Crippen LogP contribution in [0.1, 0.15) is 36.9 Å². The molecule has 1 fully saturated rings. The van der Waals surface area contributed by atoms with Crippen LogP contribution < -0.4 is 0 Å². The van der Waals surface area contributed by atoms with Gasteiger partial charge in [0.25, 0.3) is 0 Å². The minimum Gasteiger partial charge on any atom is -0.392 e. The summed E-state index contributed by atoms with van der Waals surface area (Å²) in [6.07, 6.45) is -0.939. The fourth-order valence-electron chi connectivity index (χ4n) is 2.26. The van der Waals surface area contributed by atoms with Gasteiger partial charge in [0, 0.05) is 18.4 Å². The van der Waals surface area contributed by atoms with E-state index in [2.05, 4.69) is 4.98 Å². The predicted molar refractivity (Wildman–Crippen MR) is 62.5 cm³/mol. The van der Waals surface area contributed by atoms with Gasteiger partial charge in [0.15, 0.2) is 0 Å². The van der Waals surface area contributed by atoms with Crippen molar-refractivity contribution in [1.29, 1.82) is 0 Å². The number of aliphatic hydroxyl groups is 2. The molecule has 0 amide bonds. The van der Waals surface area contributed by atoms with E-state index in [0.29, 0.717) is 5.56 Å². The summed E-state index contributed by atoms with van der Waals surface area (Å²) in [7, 11) is 0. The molecule has 1 heterocycles. The quantitative estimate of drug-likeness (QED) is 0.817. The van der Waals surface area contributed by atoms with Crippen LogP contribution in [0.3, 0.4) is 0 Å². The number of nitrogens with zero attached hydrogens (tertiary/aromatic N) is 1. The lowest BCUT2D eigenvalue weighted by Gasteiger charge is -2.36. The first-order chi connectivity index (χ1) is 8.36. The predicted octanol–water partition coefficient (Wildman–Crippen LogP) is 2.62. The second-order valence-electron chi connectivity index (χ2n) is 4.69. The summed E-state index contributed by atoms with van der Waals surface area (Å²) >= 11 is 5.76. The Hall–Kier alpha value is -0.780. The average Bonchev–Trinajstić information content (AvgIpc) is 2.33. The monoisotopic (exact) mass is 277 g/mol. The van der Waals surface area contributed by atoms with Gasteiger partial charge in [-0.25, -0.2) is 13.8 Å². The number of halogens is 3. The molecule has 1 aromatic rings. The first-order valence-corrected chi connectivity index (χ1v) is 6.11. The smallest absolute Gasteiger partial charge is 0.248 e. The van der Waals surface area contributed by atoms with Crippen LogP contribution in [-0.2, 0) is 12.2 Å². The molecule has 0 spiro atoms. The molecular formula is C12H14ClF2NO2. The minimum atomic E-state index is -2.73. The van der Waals surface area contributed by atoms with Gasteiger partial charge in [-0.3, -0.25) is 0 Å². The maximum atomic E-state index is 13.1. The third-order valence-electron chi connectivity index (χ3n) is 3.36. The van der Waals surface area contributed by atoms with Crippen LogP contribution in [-0.4, -0.2) is 21.1 Å². The molecule has 2 N–H and O–H groups in total. The molecule has 0 saturated heterocycles. The molecule has 6 heteroatoms. The lowest BCUT2D eigenvalue weighted by Crippen LogP contribution is -2.37. The minimum absolute atomic E-state index is 0.0830. The molecule has 18 heavy (non-hydrogen) atoms. The molecular weight excluding hydrogens is 264 g/mol. The van der Waals surface area contributed by atoms with Crippen LogP contribution in [0.4, 0.5) is 8.78 Å². The lowest BCUT2D eigenvalue weighted by molar-refractivity contribution is -0.109. The molecule has 1 saturated carbocycles. The van der Waals surface area contributed by atoms with E-state index in [4.69, 9.17) is 11.6 Å². The SMILES string of the molecule is OCc1ccc(Cl)nc1C1(O)CCC(F)(F)CC1. The van der Waals surface area contributed by atoms with Crippen molar-refractivity contribution >= 4 is 11.6 Å². The average molecular weight is 278 g/mol. The zero-order valence-corrected chi connectivity index (χ0v) is 10.4. The Morgan fingerprint density at radius 2 is 1.83 bits per heavy atom. The van der Waals surface area contributed by atoms with Crippen molar-refractivity contribution in [2.75, 3.05) is 0 Å². The molecule has 0 aliphatic heterocycles. The van der Waals surface area contributed by atoms with Crippen molar-refractivity contribution in [3.05, 3.63) is 28.5 Å². The van der Waals surface area contributed by atoms with E-state index in [-0.39, 0.29) is 43.1 Å². The highest BCUT2D eigenvalue weighted by atomic mass is 35.5. The standard InChI is InChI=1S/C12H14ClF2NO2/c13-9-2-1-8(7-17)10(16-9)11(18)3-5-12(14,15)6-4-11/h1-2,17-18H,3-7H2. The Morgan fingerprint density at radius 1 is 1.22 bits per heavy atom. The first kappa shape index (κ1) is 13.6.